The smallest absolute Gasteiger partial charge is 0.160 e. The molecule has 0 spiro atoms. The molecule has 0 fully saturated rings. The van der Waals surface area contributed by atoms with E-state index in [1.807, 2.05) is 16.7 Å². The van der Waals surface area contributed by atoms with Crippen LogP contribution < -0.4 is 0 Å². The van der Waals surface area contributed by atoms with Crippen molar-refractivity contribution in [3.63, 3.8) is 0 Å². The normalized spacial score (nSPS) is 11.2. The summed E-state index contributed by atoms with van der Waals surface area (Å²) in [6.45, 7) is 0.491. The Bertz CT molecular complexity index is 772. The quantitative estimate of drug-likeness (QED) is 0.662. The van der Waals surface area contributed by atoms with Crippen molar-refractivity contribution in [3.05, 3.63) is 58.2 Å². The first-order valence-corrected chi connectivity index (χ1v) is 7.31. The zero-order valence-electron chi connectivity index (χ0n) is 10.4. The minimum Gasteiger partial charge on any atom is -0.307 e. The summed E-state index contributed by atoms with van der Waals surface area (Å²) in [5.41, 5.74) is 2.36. The van der Waals surface area contributed by atoms with Gasteiger partial charge in [0.05, 0.1) is 12.4 Å². The number of alkyl halides is 1. The van der Waals surface area contributed by atoms with Crippen molar-refractivity contribution >= 4 is 38.7 Å². The summed E-state index contributed by atoms with van der Waals surface area (Å²) in [5.74, 6) is 0.745. The fraction of sp³-hybridized carbons (Fsp3) is 0.143. The van der Waals surface area contributed by atoms with Crippen LogP contribution in [0.3, 0.4) is 0 Å². The second-order valence-electron chi connectivity index (χ2n) is 4.37. The Morgan fingerprint density at radius 2 is 2.15 bits per heavy atom. The van der Waals surface area contributed by atoms with E-state index in [2.05, 4.69) is 25.9 Å². The Labute approximate surface area is 128 Å². The maximum atomic E-state index is 13.3. The molecule has 3 nitrogen and oxygen atoms in total. The van der Waals surface area contributed by atoms with E-state index in [1.165, 1.54) is 12.1 Å². The van der Waals surface area contributed by atoms with Crippen molar-refractivity contribution in [3.8, 4) is 0 Å². The van der Waals surface area contributed by atoms with Crippen molar-refractivity contribution in [2.75, 3.05) is 0 Å². The summed E-state index contributed by atoms with van der Waals surface area (Å²) in [5, 5.41) is 0. The maximum Gasteiger partial charge on any atom is 0.160 e. The van der Waals surface area contributed by atoms with Gasteiger partial charge in [0, 0.05) is 10.7 Å². The lowest BCUT2D eigenvalue weighted by atomic mass is 10.2. The van der Waals surface area contributed by atoms with Crippen molar-refractivity contribution in [1.82, 2.24) is 14.5 Å². The fourth-order valence-corrected chi connectivity index (χ4v) is 2.64. The van der Waals surface area contributed by atoms with Gasteiger partial charge in [-0.15, -0.1) is 11.6 Å². The predicted octanol–water partition coefficient (Wildman–Crippen LogP) is 4.12. The molecule has 0 aliphatic rings. The molecule has 0 aliphatic carbocycles. The standard InChI is InChI=1S/C14H10BrClFN3/c15-10-5-12-14(18-7-10)20(13(6-16)19-12)8-9-2-1-3-11(17)4-9/h1-5,7H,6,8H2. The number of hydrogen-bond donors (Lipinski definition) is 0. The van der Waals surface area contributed by atoms with Gasteiger partial charge in [-0.3, -0.25) is 0 Å². The molecule has 0 saturated carbocycles. The molecular weight excluding hydrogens is 345 g/mol. The van der Waals surface area contributed by atoms with Crippen LogP contribution in [0.25, 0.3) is 11.2 Å². The number of benzene rings is 1. The van der Waals surface area contributed by atoms with Gasteiger partial charge in [-0.1, -0.05) is 12.1 Å². The molecular formula is C14H10BrClFN3. The van der Waals surface area contributed by atoms with Gasteiger partial charge in [-0.25, -0.2) is 14.4 Å². The van der Waals surface area contributed by atoms with Crippen LogP contribution in [0, 0.1) is 5.82 Å². The van der Waals surface area contributed by atoms with E-state index >= 15 is 0 Å². The Kier molecular flexibility index (Phi) is 3.72. The molecule has 2 heterocycles. The van der Waals surface area contributed by atoms with E-state index in [1.54, 1.807) is 12.3 Å². The zero-order valence-corrected chi connectivity index (χ0v) is 12.7. The van der Waals surface area contributed by atoms with Gasteiger partial charge < -0.3 is 4.57 Å². The first kappa shape index (κ1) is 13.5. The summed E-state index contributed by atoms with van der Waals surface area (Å²) in [6.07, 6.45) is 1.71. The number of rotatable bonds is 3. The molecule has 0 unspecified atom stereocenters. The van der Waals surface area contributed by atoms with Crippen molar-refractivity contribution in [2.45, 2.75) is 12.4 Å². The predicted molar refractivity (Wildman–Crippen MR) is 80.3 cm³/mol. The van der Waals surface area contributed by atoms with Crippen LogP contribution in [0.15, 0.2) is 41.0 Å². The highest BCUT2D eigenvalue weighted by Gasteiger charge is 2.12. The average Bonchev–Trinajstić information content (AvgIpc) is 2.76. The number of pyridine rings is 1. The minimum absolute atomic E-state index is 0.255. The average molecular weight is 355 g/mol. The SMILES string of the molecule is Fc1cccc(Cn2c(CCl)nc3cc(Br)cnc32)c1. The number of hydrogen-bond acceptors (Lipinski definition) is 2. The Morgan fingerprint density at radius 1 is 1.30 bits per heavy atom. The van der Waals surface area contributed by atoms with E-state index in [-0.39, 0.29) is 11.7 Å². The van der Waals surface area contributed by atoms with Crippen molar-refractivity contribution < 1.29 is 4.39 Å². The third-order valence-corrected chi connectivity index (χ3v) is 3.65. The van der Waals surface area contributed by atoms with Gasteiger partial charge in [0.15, 0.2) is 5.65 Å². The van der Waals surface area contributed by atoms with Crippen LogP contribution in [0.1, 0.15) is 11.4 Å². The number of aromatic nitrogens is 3. The first-order valence-electron chi connectivity index (χ1n) is 5.98. The Morgan fingerprint density at radius 3 is 2.90 bits per heavy atom. The van der Waals surface area contributed by atoms with E-state index in [0.29, 0.717) is 6.54 Å². The lowest BCUT2D eigenvalue weighted by Gasteiger charge is -2.07. The highest BCUT2D eigenvalue weighted by atomic mass is 79.9. The fourth-order valence-electron chi connectivity index (χ4n) is 2.12. The molecule has 0 bridgehead atoms. The molecule has 102 valence electrons. The van der Waals surface area contributed by atoms with Gasteiger partial charge in [0.1, 0.15) is 17.2 Å². The Balaban J connectivity index is 2.10. The van der Waals surface area contributed by atoms with Crippen LogP contribution in [0.2, 0.25) is 0 Å². The van der Waals surface area contributed by atoms with Crippen molar-refractivity contribution in [2.24, 2.45) is 0 Å². The highest BCUT2D eigenvalue weighted by Crippen LogP contribution is 2.21. The van der Waals surface area contributed by atoms with Crippen LogP contribution in [-0.4, -0.2) is 14.5 Å². The van der Waals surface area contributed by atoms with E-state index in [0.717, 1.165) is 27.0 Å². The molecule has 2 aromatic heterocycles. The molecule has 0 atom stereocenters. The summed E-state index contributed by atoms with van der Waals surface area (Å²) in [7, 11) is 0. The molecule has 1 aromatic carbocycles. The third-order valence-electron chi connectivity index (χ3n) is 2.98. The van der Waals surface area contributed by atoms with Crippen LogP contribution >= 0.6 is 27.5 Å². The summed E-state index contributed by atoms with van der Waals surface area (Å²) in [4.78, 5) is 8.82. The lowest BCUT2D eigenvalue weighted by Crippen LogP contribution is -2.04. The van der Waals surface area contributed by atoms with E-state index in [9.17, 15) is 4.39 Å². The highest BCUT2D eigenvalue weighted by molar-refractivity contribution is 9.10. The second kappa shape index (κ2) is 5.50. The second-order valence-corrected chi connectivity index (χ2v) is 5.56. The molecule has 20 heavy (non-hydrogen) atoms. The van der Waals surface area contributed by atoms with Crippen LogP contribution in [0.5, 0.6) is 0 Å². The van der Waals surface area contributed by atoms with Gasteiger partial charge in [-0.2, -0.15) is 0 Å². The summed E-state index contributed by atoms with van der Waals surface area (Å²) < 4.78 is 16.0. The van der Waals surface area contributed by atoms with E-state index < -0.39 is 0 Å². The zero-order chi connectivity index (χ0) is 14.1. The number of nitrogens with zero attached hydrogens (tertiary/aromatic N) is 3. The van der Waals surface area contributed by atoms with Gasteiger partial charge >= 0.3 is 0 Å². The molecule has 0 radical (unpaired) electrons. The molecule has 0 N–H and O–H groups in total. The first-order chi connectivity index (χ1) is 9.67. The molecule has 0 amide bonds. The summed E-state index contributed by atoms with van der Waals surface area (Å²) in [6, 6.07) is 8.37. The number of imidazole rings is 1. The van der Waals surface area contributed by atoms with Gasteiger partial charge in [0.25, 0.3) is 0 Å². The minimum atomic E-state index is -0.255. The van der Waals surface area contributed by atoms with Gasteiger partial charge in [-0.05, 0) is 39.7 Å². The van der Waals surface area contributed by atoms with Gasteiger partial charge in [0.2, 0.25) is 0 Å². The van der Waals surface area contributed by atoms with Crippen molar-refractivity contribution in [1.29, 1.82) is 0 Å². The lowest BCUT2D eigenvalue weighted by molar-refractivity contribution is 0.623. The molecule has 0 aliphatic heterocycles. The number of halogens is 3. The van der Waals surface area contributed by atoms with Crippen LogP contribution in [-0.2, 0) is 12.4 Å². The topological polar surface area (TPSA) is 30.7 Å². The van der Waals surface area contributed by atoms with Crippen LogP contribution in [0.4, 0.5) is 4.39 Å². The monoisotopic (exact) mass is 353 g/mol. The maximum absolute atomic E-state index is 13.3. The summed E-state index contributed by atoms with van der Waals surface area (Å²) >= 11 is 9.31. The molecule has 3 aromatic rings. The third kappa shape index (κ3) is 2.55. The molecule has 0 saturated heterocycles. The number of fused-ring (bicyclic) bond motifs is 1. The largest absolute Gasteiger partial charge is 0.307 e. The Hall–Kier alpha value is -1.46. The molecule has 3 rings (SSSR count). The molecule has 6 heteroatoms. The van der Waals surface area contributed by atoms with E-state index in [4.69, 9.17) is 11.6 Å².